The molecule has 0 rings (SSSR count). The Kier molecular flexibility index (Phi) is 6.67. The van der Waals surface area contributed by atoms with Crippen molar-refractivity contribution >= 4 is 11.9 Å². The van der Waals surface area contributed by atoms with Crippen LogP contribution in [0.5, 0.6) is 0 Å². The third-order valence-corrected chi connectivity index (χ3v) is 2.25. The molecule has 6 nitrogen and oxygen atoms in total. The van der Waals surface area contributed by atoms with Crippen LogP contribution in [-0.2, 0) is 14.3 Å². The molecule has 0 radical (unpaired) electrons. The molecule has 1 amide bonds. The lowest BCUT2D eigenvalue weighted by molar-refractivity contribution is -0.142. The number of nitrogens with two attached hydrogens (primary N) is 1. The zero-order chi connectivity index (χ0) is 12.7. The molecule has 94 valence electrons. The van der Waals surface area contributed by atoms with Gasteiger partial charge in [0.25, 0.3) is 0 Å². The summed E-state index contributed by atoms with van der Waals surface area (Å²) in [6.45, 7) is 3.87. The van der Waals surface area contributed by atoms with Gasteiger partial charge in [0.2, 0.25) is 5.91 Å². The molecule has 0 aliphatic heterocycles. The van der Waals surface area contributed by atoms with E-state index in [1.165, 1.54) is 7.11 Å². The van der Waals surface area contributed by atoms with Gasteiger partial charge < -0.3 is 20.9 Å². The van der Waals surface area contributed by atoms with E-state index >= 15 is 0 Å². The molecule has 0 saturated carbocycles. The van der Waals surface area contributed by atoms with Crippen molar-refractivity contribution in [2.45, 2.75) is 32.4 Å². The summed E-state index contributed by atoms with van der Waals surface area (Å²) in [5.41, 5.74) is 5.60. The van der Waals surface area contributed by atoms with E-state index in [-0.39, 0.29) is 18.9 Å². The fraction of sp³-hybridized carbons (Fsp3) is 0.800. The maximum atomic E-state index is 11.5. The number of methoxy groups -OCH3 is 1. The number of rotatable bonds is 7. The van der Waals surface area contributed by atoms with Crippen molar-refractivity contribution in [3.05, 3.63) is 0 Å². The second-order valence-corrected chi connectivity index (χ2v) is 3.95. The second-order valence-electron chi connectivity index (χ2n) is 3.95. The minimum Gasteiger partial charge on any atom is -0.480 e. The number of hydrogen-bond acceptors (Lipinski definition) is 4. The van der Waals surface area contributed by atoms with Gasteiger partial charge in [-0.2, -0.15) is 0 Å². The predicted octanol–water partition coefficient (Wildman–Crippen LogP) is -0.424. The van der Waals surface area contributed by atoms with E-state index in [1.54, 1.807) is 13.8 Å². The highest BCUT2D eigenvalue weighted by Crippen LogP contribution is 2.00. The van der Waals surface area contributed by atoms with Gasteiger partial charge in [0.05, 0.1) is 6.04 Å². The van der Waals surface area contributed by atoms with Crippen LogP contribution in [0.15, 0.2) is 0 Å². The van der Waals surface area contributed by atoms with Crippen molar-refractivity contribution < 1.29 is 19.4 Å². The zero-order valence-corrected chi connectivity index (χ0v) is 9.90. The molecule has 0 bridgehead atoms. The van der Waals surface area contributed by atoms with E-state index in [2.05, 4.69) is 5.32 Å². The summed E-state index contributed by atoms with van der Waals surface area (Å²) < 4.78 is 4.77. The number of hydrogen-bond donors (Lipinski definition) is 3. The number of ether oxygens (including phenoxy) is 1. The Morgan fingerprint density at radius 1 is 1.44 bits per heavy atom. The van der Waals surface area contributed by atoms with Gasteiger partial charge in [-0.25, -0.2) is 4.79 Å². The first-order valence-electron chi connectivity index (χ1n) is 5.17. The molecule has 4 N–H and O–H groups in total. The Bertz CT molecular complexity index is 243. The van der Waals surface area contributed by atoms with E-state index in [4.69, 9.17) is 15.6 Å². The van der Waals surface area contributed by atoms with Crippen LogP contribution in [0.1, 0.15) is 20.3 Å². The molecule has 0 spiro atoms. The van der Waals surface area contributed by atoms with Gasteiger partial charge >= 0.3 is 5.97 Å². The first-order valence-corrected chi connectivity index (χ1v) is 5.17. The van der Waals surface area contributed by atoms with Gasteiger partial charge in [-0.15, -0.1) is 0 Å². The molecule has 0 fully saturated rings. The molecule has 0 aromatic rings. The van der Waals surface area contributed by atoms with Gasteiger partial charge in [0.15, 0.2) is 0 Å². The molecule has 6 heteroatoms. The van der Waals surface area contributed by atoms with E-state index in [0.717, 1.165) is 0 Å². The molecule has 0 heterocycles. The van der Waals surface area contributed by atoms with E-state index < -0.39 is 24.0 Å². The lowest BCUT2D eigenvalue weighted by Crippen LogP contribution is -2.50. The number of carbonyl (C=O) groups excluding carboxylic acids is 1. The first kappa shape index (κ1) is 14.9. The Hall–Kier alpha value is -1.14. The third kappa shape index (κ3) is 5.09. The molecular weight excluding hydrogens is 212 g/mol. The van der Waals surface area contributed by atoms with Crippen LogP contribution >= 0.6 is 0 Å². The average molecular weight is 232 g/mol. The molecule has 0 aliphatic carbocycles. The highest BCUT2D eigenvalue weighted by Gasteiger charge is 2.24. The second kappa shape index (κ2) is 7.19. The van der Waals surface area contributed by atoms with Crippen molar-refractivity contribution in [1.82, 2.24) is 5.32 Å². The minimum absolute atomic E-state index is 0.0307. The highest BCUT2D eigenvalue weighted by molar-refractivity contribution is 5.86. The number of amides is 1. The fourth-order valence-electron chi connectivity index (χ4n) is 1.06. The molecule has 1 unspecified atom stereocenters. The Morgan fingerprint density at radius 2 is 2.00 bits per heavy atom. The zero-order valence-electron chi connectivity index (χ0n) is 9.90. The molecule has 2 atom stereocenters. The average Bonchev–Trinajstić information content (AvgIpc) is 2.21. The van der Waals surface area contributed by atoms with Crippen molar-refractivity contribution in [2.75, 3.05) is 13.7 Å². The molecule has 0 aromatic carbocycles. The van der Waals surface area contributed by atoms with E-state index in [0.29, 0.717) is 0 Å². The van der Waals surface area contributed by atoms with E-state index in [1.807, 2.05) is 0 Å². The van der Waals surface area contributed by atoms with Crippen LogP contribution in [0, 0.1) is 5.92 Å². The Balaban J connectivity index is 4.28. The Labute approximate surface area is 95.1 Å². The summed E-state index contributed by atoms with van der Waals surface area (Å²) in [5, 5.41) is 11.2. The van der Waals surface area contributed by atoms with Crippen molar-refractivity contribution in [1.29, 1.82) is 0 Å². The van der Waals surface area contributed by atoms with Crippen LogP contribution in [0.3, 0.4) is 0 Å². The largest absolute Gasteiger partial charge is 0.480 e. The van der Waals surface area contributed by atoms with E-state index in [9.17, 15) is 9.59 Å². The summed E-state index contributed by atoms with van der Waals surface area (Å²) in [4.78, 5) is 22.3. The Morgan fingerprint density at radius 3 is 2.38 bits per heavy atom. The van der Waals surface area contributed by atoms with Crippen LogP contribution in [0.25, 0.3) is 0 Å². The highest BCUT2D eigenvalue weighted by atomic mass is 16.5. The third-order valence-electron chi connectivity index (χ3n) is 2.25. The maximum Gasteiger partial charge on any atom is 0.326 e. The lowest BCUT2D eigenvalue weighted by Gasteiger charge is -2.19. The molecule has 0 aliphatic rings. The number of carboxylic acids is 1. The number of carboxylic acid groups (broad SMARTS) is 1. The van der Waals surface area contributed by atoms with Crippen LogP contribution in [0.2, 0.25) is 0 Å². The van der Waals surface area contributed by atoms with Gasteiger partial charge in [-0.1, -0.05) is 13.8 Å². The number of aliphatic carboxylic acids is 1. The SMILES string of the molecule is COCCC(NC(=O)[C@H](N)C(C)C)C(=O)O. The normalized spacial score (nSPS) is 14.6. The first-order chi connectivity index (χ1) is 7.40. The topological polar surface area (TPSA) is 102 Å². The number of carbonyl (C=O) groups is 2. The molecular formula is C10H20N2O4. The van der Waals surface area contributed by atoms with Crippen LogP contribution < -0.4 is 11.1 Å². The maximum absolute atomic E-state index is 11.5. The van der Waals surface area contributed by atoms with Gasteiger partial charge in [-0.3, -0.25) is 4.79 Å². The smallest absolute Gasteiger partial charge is 0.326 e. The summed E-state index contributed by atoms with van der Waals surface area (Å²) in [5.74, 6) is -1.56. The van der Waals surface area contributed by atoms with Crippen molar-refractivity contribution in [3.8, 4) is 0 Å². The fourth-order valence-corrected chi connectivity index (χ4v) is 1.06. The summed E-state index contributed by atoms with van der Waals surface area (Å²) >= 11 is 0. The molecule has 16 heavy (non-hydrogen) atoms. The lowest BCUT2D eigenvalue weighted by atomic mass is 10.0. The van der Waals surface area contributed by atoms with Crippen LogP contribution in [-0.4, -0.2) is 42.8 Å². The van der Waals surface area contributed by atoms with Crippen molar-refractivity contribution in [2.24, 2.45) is 11.7 Å². The van der Waals surface area contributed by atoms with Gasteiger partial charge in [0, 0.05) is 20.1 Å². The summed E-state index contributed by atoms with van der Waals surface area (Å²) in [6, 6.07) is -1.64. The van der Waals surface area contributed by atoms with Crippen LogP contribution in [0.4, 0.5) is 0 Å². The monoisotopic (exact) mass is 232 g/mol. The minimum atomic E-state index is -1.08. The van der Waals surface area contributed by atoms with Gasteiger partial charge in [0.1, 0.15) is 6.04 Å². The van der Waals surface area contributed by atoms with Gasteiger partial charge in [-0.05, 0) is 5.92 Å². The predicted molar refractivity (Wildman–Crippen MR) is 58.9 cm³/mol. The number of nitrogens with one attached hydrogen (secondary N) is 1. The summed E-state index contributed by atoms with van der Waals surface area (Å²) in [6.07, 6.45) is 0.225. The molecule has 0 saturated heterocycles. The quantitative estimate of drug-likeness (QED) is 0.553. The molecule has 0 aromatic heterocycles. The standard InChI is InChI=1S/C10H20N2O4/c1-6(2)8(11)9(13)12-7(10(14)15)4-5-16-3/h6-8H,4-5,11H2,1-3H3,(H,12,13)(H,14,15)/t7?,8-/m1/s1. The summed E-state index contributed by atoms with van der Waals surface area (Å²) in [7, 11) is 1.47. The van der Waals surface area contributed by atoms with Crippen molar-refractivity contribution in [3.63, 3.8) is 0 Å².